The first-order valence-corrected chi connectivity index (χ1v) is 9.58. The third kappa shape index (κ3) is 18.2. The predicted molar refractivity (Wildman–Crippen MR) is 94.0 cm³/mol. The quantitative estimate of drug-likeness (QED) is 0.174. The number of allylic oxidation sites excluding steroid dienone is 2. The molecule has 0 rings (SSSR count). The maximum Gasteiger partial charge on any atom is -0.0351 e. The van der Waals surface area contributed by atoms with Gasteiger partial charge >= 0.3 is 0 Å². The first-order chi connectivity index (χ1) is 9.41. The lowest BCUT2D eigenvalue weighted by molar-refractivity contribution is 0.607. The molecular weight excluding hydrogens is 247 g/mol. The summed E-state index contributed by atoms with van der Waals surface area (Å²) in [7, 11) is 2.82. The Morgan fingerprint density at radius 3 is 1.47 bits per heavy atom. The number of hydrogen-bond acceptors (Lipinski definition) is 0. The molecule has 0 amide bonds. The molecule has 0 N–H and O–H groups in total. The van der Waals surface area contributed by atoms with Crippen LogP contribution in [0.3, 0.4) is 0 Å². The molecule has 0 nitrogen and oxygen atoms in total. The van der Waals surface area contributed by atoms with Crippen LogP contribution in [0.4, 0.5) is 0 Å². The Balaban J connectivity index is 3.01. The summed E-state index contributed by atoms with van der Waals surface area (Å²) in [5.74, 6) is 0. The van der Waals surface area contributed by atoms with E-state index < -0.39 is 0 Å². The van der Waals surface area contributed by atoms with E-state index in [0.29, 0.717) is 0 Å². The van der Waals surface area contributed by atoms with E-state index in [4.69, 9.17) is 0 Å². The molecule has 0 saturated carbocycles. The van der Waals surface area contributed by atoms with Gasteiger partial charge in [-0.2, -0.15) is 0 Å². The summed E-state index contributed by atoms with van der Waals surface area (Å²) in [5, 5.41) is 0. The van der Waals surface area contributed by atoms with Crippen molar-refractivity contribution in [3.8, 4) is 0 Å². The highest BCUT2D eigenvalue weighted by atomic mass is 31.0. The molecule has 1 unspecified atom stereocenters. The molecule has 114 valence electrons. The van der Waals surface area contributed by atoms with Crippen LogP contribution >= 0.6 is 9.24 Å². The van der Waals surface area contributed by atoms with Gasteiger partial charge in [0, 0.05) is 0 Å². The smallest absolute Gasteiger partial charge is 0.0351 e. The Labute approximate surface area is 125 Å². The summed E-state index contributed by atoms with van der Waals surface area (Å²) in [6, 6.07) is 0. The van der Waals surface area contributed by atoms with Gasteiger partial charge in [-0.1, -0.05) is 76.9 Å². The van der Waals surface area contributed by atoms with Crippen molar-refractivity contribution in [2.24, 2.45) is 0 Å². The van der Waals surface area contributed by atoms with Crippen molar-refractivity contribution in [3.05, 3.63) is 12.2 Å². The van der Waals surface area contributed by atoms with E-state index in [-0.39, 0.29) is 0 Å². The SMILES string of the molecule is CCCCCCCC/C=C\CCCCCCCCP. The Bertz CT molecular complexity index is 175. The van der Waals surface area contributed by atoms with E-state index in [1.54, 1.807) is 0 Å². The second kappa shape index (κ2) is 18.2. The Morgan fingerprint density at radius 2 is 1.00 bits per heavy atom. The van der Waals surface area contributed by atoms with Gasteiger partial charge in [0.1, 0.15) is 0 Å². The molecule has 0 aromatic carbocycles. The van der Waals surface area contributed by atoms with Crippen LogP contribution in [0.15, 0.2) is 12.2 Å². The average Bonchev–Trinajstić information content (AvgIpc) is 2.43. The van der Waals surface area contributed by atoms with Gasteiger partial charge < -0.3 is 0 Å². The summed E-state index contributed by atoms with van der Waals surface area (Å²) in [4.78, 5) is 0. The summed E-state index contributed by atoms with van der Waals surface area (Å²) >= 11 is 0. The van der Waals surface area contributed by atoms with Crippen molar-refractivity contribution in [1.82, 2.24) is 0 Å². The van der Waals surface area contributed by atoms with Gasteiger partial charge in [-0.15, -0.1) is 9.24 Å². The van der Waals surface area contributed by atoms with Gasteiger partial charge in [-0.3, -0.25) is 0 Å². The summed E-state index contributed by atoms with van der Waals surface area (Å²) < 4.78 is 0. The lowest BCUT2D eigenvalue weighted by Gasteiger charge is -1.99. The van der Waals surface area contributed by atoms with Crippen LogP contribution in [0.2, 0.25) is 0 Å². The highest BCUT2D eigenvalue weighted by Crippen LogP contribution is 2.10. The van der Waals surface area contributed by atoms with Crippen LogP contribution in [-0.4, -0.2) is 6.16 Å². The van der Waals surface area contributed by atoms with E-state index in [1.165, 1.54) is 96.1 Å². The fraction of sp³-hybridized carbons (Fsp3) is 0.889. The maximum absolute atomic E-state index is 2.82. The summed E-state index contributed by atoms with van der Waals surface area (Å²) in [6.07, 6.45) is 25.7. The first kappa shape index (κ1) is 19.2. The molecule has 0 heterocycles. The van der Waals surface area contributed by atoms with Crippen molar-refractivity contribution in [3.63, 3.8) is 0 Å². The minimum absolute atomic E-state index is 1.28. The van der Waals surface area contributed by atoms with Crippen LogP contribution in [0.25, 0.3) is 0 Å². The van der Waals surface area contributed by atoms with Gasteiger partial charge in [-0.25, -0.2) is 0 Å². The lowest BCUT2D eigenvalue weighted by atomic mass is 10.1. The van der Waals surface area contributed by atoms with Gasteiger partial charge in [0.25, 0.3) is 0 Å². The van der Waals surface area contributed by atoms with E-state index in [2.05, 4.69) is 28.3 Å². The molecule has 19 heavy (non-hydrogen) atoms. The summed E-state index contributed by atoms with van der Waals surface area (Å²) in [6.45, 7) is 2.28. The molecule has 0 fully saturated rings. The molecule has 0 aliphatic rings. The predicted octanol–water partition coefficient (Wildman–Crippen LogP) is 6.90. The minimum atomic E-state index is 1.28. The maximum atomic E-state index is 2.82. The third-order valence-corrected chi connectivity index (χ3v) is 4.12. The Morgan fingerprint density at radius 1 is 0.579 bits per heavy atom. The average molecular weight is 284 g/mol. The largest absolute Gasteiger partial charge is 0.138 e. The van der Waals surface area contributed by atoms with Crippen molar-refractivity contribution in [2.45, 2.75) is 96.8 Å². The van der Waals surface area contributed by atoms with Crippen molar-refractivity contribution in [1.29, 1.82) is 0 Å². The van der Waals surface area contributed by atoms with Crippen molar-refractivity contribution < 1.29 is 0 Å². The fourth-order valence-electron chi connectivity index (χ4n) is 2.39. The zero-order chi connectivity index (χ0) is 14.0. The van der Waals surface area contributed by atoms with Crippen LogP contribution < -0.4 is 0 Å². The molecule has 0 radical (unpaired) electrons. The zero-order valence-corrected chi connectivity index (χ0v) is 14.5. The molecule has 0 aromatic rings. The molecule has 1 heteroatoms. The first-order valence-electron chi connectivity index (χ1n) is 8.77. The second-order valence-corrected chi connectivity index (χ2v) is 6.30. The van der Waals surface area contributed by atoms with Gasteiger partial charge in [-0.05, 0) is 38.3 Å². The summed E-state index contributed by atoms with van der Waals surface area (Å²) in [5.41, 5.74) is 0. The Hall–Kier alpha value is 0.170. The van der Waals surface area contributed by atoms with Crippen molar-refractivity contribution in [2.75, 3.05) is 6.16 Å². The molecule has 0 saturated heterocycles. The number of hydrogen-bond donors (Lipinski definition) is 0. The van der Waals surface area contributed by atoms with Gasteiger partial charge in [0.15, 0.2) is 0 Å². The molecular formula is C18H37P. The van der Waals surface area contributed by atoms with E-state index in [1.807, 2.05) is 0 Å². The highest BCUT2D eigenvalue weighted by molar-refractivity contribution is 7.16. The highest BCUT2D eigenvalue weighted by Gasteiger charge is 1.90. The van der Waals surface area contributed by atoms with E-state index in [9.17, 15) is 0 Å². The molecule has 1 atom stereocenters. The van der Waals surface area contributed by atoms with Crippen molar-refractivity contribution >= 4 is 9.24 Å². The third-order valence-electron chi connectivity index (χ3n) is 3.72. The topological polar surface area (TPSA) is 0 Å². The normalized spacial score (nSPS) is 11.5. The number of unbranched alkanes of at least 4 members (excludes halogenated alkanes) is 12. The van der Waals surface area contributed by atoms with Gasteiger partial charge in [0.05, 0.1) is 0 Å². The Kier molecular flexibility index (Phi) is 18.3. The monoisotopic (exact) mass is 284 g/mol. The molecule has 0 spiro atoms. The zero-order valence-electron chi connectivity index (χ0n) is 13.3. The fourth-order valence-corrected chi connectivity index (χ4v) is 2.68. The molecule has 0 aromatic heterocycles. The molecule has 0 aliphatic carbocycles. The van der Waals surface area contributed by atoms with Crippen LogP contribution in [0.5, 0.6) is 0 Å². The van der Waals surface area contributed by atoms with Crippen LogP contribution in [0.1, 0.15) is 96.8 Å². The minimum Gasteiger partial charge on any atom is -0.138 e. The molecule has 0 aliphatic heterocycles. The second-order valence-electron chi connectivity index (χ2n) is 5.73. The number of rotatable bonds is 15. The van der Waals surface area contributed by atoms with E-state index in [0.717, 1.165) is 0 Å². The molecule has 0 bridgehead atoms. The van der Waals surface area contributed by atoms with Crippen LogP contribution in [-0.2, 0) is 0 Å². The van der Waals surface area contributed by atoms with Crippen LogP contribution in [0, 0.1) is 0 Å². The lowest BCUT2D eigenvalue weighted by Crippen LogP contribution is -1.80. The standard InChI is InChI=1S/C18H37P/c1-2-3-4-5-6-7-8-9-10-11-12-13-14-15-16-17-18-19/h9-10H,2-8,11-19H2,1H3/b10-9-. The van der Waals surface area contributed by atoms with E-state index >= 15 is 0 Å². The van der Waals surface area contributed by atoms with Gasteiger partial charge in [0.2, 0.25) is 0 Å².